The minimum absolute atomic E-state index is 0.197. The Morgan fingerprint density at radius 2 is 2.29 bits per heavy atom. The fourth-order valence-corrected chi connectivity index (χ4v) is 2.34. The quantitative estimate of drug-likeness (QED) is 0.912. The molecule has 1 unspecified atom stereocenters. The normalized spacial score (nSPS) is 19.7. The number of aliphatic imine (C=N–C) groups is 1. The van der Waals surface area contributed by atoms with Gasteiger partial charge in [-0.2, -0.15) is 4.99 Å². The Labute approximate surface area is 106 Å². The number of amidine groups is 1. The third kappa shape index (κ3) is 2.04. The number of likely N-dealkylation sites (N-methyl/N-ethyl adjacent to an activating group) is 1. The summed E-state index contributed by atoms with van der Waals surface area (Å²) in [6.45, 7) is 2.29. The van der Waals surface area contributed by atoms with E-state index in [-0.39, 0.29) is 17.7 Å². The van der Waals surface area contributed by atoms with Crippen LogP contribution in [0, 0.1) is 5.82 Å². The third-order valence-electron chi connectivity index (χ3n) is 2.66. The zero-order valence-electron chi connectivity index (χ0n) is 9.15. The molecule has 2 amide bonds. The van der Waals surface area contributed by atoms with E-state index in [2.05, 4.69) is 20.9 Å². The van der Waals surface area contributed by atoms with Gasteiger partial charge in [-0.25, -0.2) is 9.18 Å². The first-order valence-electron chi connectivity index (χ1n) is 5.14. The summed E-state index contributed by atoms with van der Waals surface area (Å²) in [5, 5.41) is 0. The number of amides is 2. The number of carbonyl (C=O) groups is 1. The standard InChI is InChI=1S/C11H11BrFN3O/c1-2-16-9(10(14)15-11(16)17)7-5-6(13)3-4-8(7)12/h3-5,9H,2H2,1H3,(H2,14,15,17). The molecule has 6 heteroatoms. The number of hydrogen-bond donors (Lipinski definition) is 1. The number of halogens is 2. The number of nitrogens with zero attached hydrogens (tertiary/aromatic N) is 2. The fraction of sp³-hybridized carbons (Fsp3) is 0.273. The van der Waals surface area contributed by atoms with Gasteiger partial charge in [0, 0.05) is 11.0 Å². The van der Waals surface area contributed by atoms with Crippen LogP contribution in [-0.2, 0) is 0 Å². The molecule has 1 aromatic rings. The molecule has 17 heavy (non-hydrogen) atoms. The molecule has 0 saturated carbocycles. The van der Waals surface area contributed by atoms with E-state index in [1.807, 2.05) is 6.92 Å². The summed E-state index contributed by atoms with van der Waals surface area (Å²) in [7, 11) is 0. The van der Waals surface area contributed by atoms with Crippen LogP contribution in [0.15, 0.2) is 27.7 Å². The van der Waals surface area contributed by atoms with Gasteiger partial charge in [-0.05, 0) is 30.7 Å². The van der Waals surface area contributed by atoms with Crippen molar-refractivity contribution in [1.29, 1.82) is 0 Å². The maximum absolute atomic E-state index is 13.3. The summed E-state index contributed by atoms with van der Waals surface area (Å²) < 4.78 is 14.0. The summed E-state index contributed by atoms with van der Waals surface area (Å²) in [4.78, 5) is 16.7. The predicted molar refractivity (Wildman–Crippen MR) is 66.2 cm³/mol. The van der Waals surface area contributed by atoms with Gasteiger partial charge < -0.3 is 10.6 Å². The minimum atomic E-state index is -0.488. The van der Waals surface area contributed by atoms with Crippen LogP contribution in [0.4, 0.5) is 9.18 Å². The van der Waals surface area contributed by atoms with E-state index in [1.54, 1.807) is 6.07 Å². The first-order valence-corrected chi connectivity index (χ1v) is 5.93. The Morgan fingerprint density at radius 1 is 1.59 bits per heavy atom. The van der Waals surface area contributed by atoms with E-state index in [0.717, 1.165) is 0 Å². The van der Waals surface area contributed by atoms with Crippen molar-refractivity contribution in [3.63, 3.8) is 0 Å². The van der Waals surface area contributed by atoms with Crippen LogP contribution in [0.3, 0.4) is 0 Å². The molecular weight excluding hydrogens is 289 g/mol. The van der Waals surface area contributed by atoms with E-state index in [9.17, 15) is 9.18 Å². The second-order valence-electron chi connectivity index (χ2n) is 3.67. The van der Waals surface area contributed by atoms with Crippen molar-refractivity contribution in [3.05, 3.63) is 34.1 Å². The van der Waals surface area contributed by atoms with Crippen molar-refractivity contribution < 1.29 is 9.18 Å². The lowest BCUT2D eigenvalue weighted by molar-refractivity contribution is 0.209. The average Bonchev–Trinajstić information content (AvgIpc) is 2.56. The molecule has 0 spiro atoms. The number of rotatable bonds is 2. The number of benzene rings is 1. The molecule has 0 bridgehead atoms. The summed E-state index contributed by atoms with van der Waals surface area (Å²) in [5.41, 5.74) is 6.34. The van der Waals surface area contributed by atoms with Crippen molar-refractivity contribution in [3.8, 4) is 0 Å². The number of urea groups is 1. The molecule has 0 radical (unpaired) electrons. The zero-order valence-corrected chi connectivity index (χ0v) is 10.7. The molecule has 0 saturated heterocycles. The van der Waals surface area contributed by atoms with E-state index < -0.39 is 6.04 Å². The lowest BCUT2D eigenvalue weighted by Crippen LogP contribution is -2.33. The smallest absolute Gasteiger partial charge is 0.346 e. The Balaban J connectivity index is 2.48. The highest BCUT2D eigenvalue weighted by Crippen LogP contribution is 2.32. The molecule has 0 fully saturated rings. The maximum Gasteiger partial charge on any atom is 0.346 e. The molecule has 2 rings (SSSR count). The molecule has 1 aromatic carbocycles. The van der Waals surface area contributed by atoms with Gasteiger partial charge in [-0.3, -0.25) is 0 Å². The fourth-order valence-electron chi connectivity index (χ4n) is 1.88. The second kappa shape index (κ2) is 4.44. The van der Waals surface area contributed by atoms with Crippen LogP contribution in [0.25, 0.3) is 0 Å². The molecule has 1 aliphatic rings. The Hall–Kier alpha value is -1.43. The van der Waals surface area contributed by atoms with Crippen LogP contribution in [-0.4, -0.2) is 23.3 Å². The van der Waals surface area contributed by atoms with Gasteiger partial charge in [0.05, 0.1) is 0 Å². The van der Waals surface area contributed by atoms with Crippen LogP contribution < -0.4 is 5.73 Å². The lowest BCUT2D eigenvalue weighted by Gasteiger charge is -2.23. The Kier molecular flexibility index (Phi) is 3.15. The van der Waals surface area contributed by atoms with E-state index in [0.29, 0.717) is 16.6 Å². The second-order valence-corrected chi connectivity index (χ2v) is 4.53. The molecule has 1 aliphatic heterocycles. The molecule has 0 aromatic heterocycles. The van der Waals surface area contributed by atoms with Gasteiger partial charge in [0.1, 0.15) is 17.7 Å². The van der Waals surface area contributed by atoms with Crippen LogP contribution >= 0.6 is 15.9 Å². The first-order chi connectivity index (χ1) is 8.04. The van der Waals surface area contributed by atoms with E-state index in [1.165, 1.54) is 17.0 Å². The topological polar surface area (TPSA) is 58.7 Å². The molecule has 0 aliphatic carbocycles. The van der Waals surface area contributed by atoms with Crippen molar-refractivity contribution in [1.82, 2.24) is 4.90 Å². The molecule has 1 heterocycles. The van der Waals surface area contributed by atoms with Crippen molar-refractivity contribution >= 4 is 27.8 Å². The molecule has 2 N–H and O–H groups in total. The highest BCUT2D eigenvalue weighted by molar-refractivity contribution is 9.10. The molecular formula is C11H11BrFN3O. The van der Waals surface area contributed by atoms with E-state index >= 15 is 0 Å². The van der Waals surface area contributed by atoms with E-state index in [4.69, 9.17) is 5.73 Å². The predicted octanol–water partition coefficient (Wildman–Crippen LogP) is 2.44. The SMILES string of the molecule is CCN1C(=O)N=C(N)C1c1cc(F)ccc1Br. The Morgan fingerprint density at radius 3 is 2.94 bits per heavy atom. The van der Waals surface area contributed by atoms with Crippen LogP contribution in [0.2, 0.25) is 0 Å². The average molecular weight is 300 g/mol. The maximum atomic E-state index is 13.3. The lowest BCUT2D eigenvalue weighted by atomic mass is 10.1. The Bertz CT molecular complexity index is 503. The summed E-state index contributed by atoms with van der Waals surface area (Å²) >= 11 is 3.33. The number of hydrogen-bond acceptors (Lipinski definition) is 2. The molecule has 1 atom stereocenters. The van der Waals surface area contributed by atoms with Crippen LogP contribution in [0.5, 0.6) is 0 Å². The van der Waals surface area contributed by atoms with Gasteiger partial charge in [0.25, 0.3) is 0 Å². The van der Waals surface area contributed by atoms with Crippen molar-refractivity contribution in [2.75, 3.05) is 6.54 Å². The van der Waals surface area contributed by atoms with Gasteiger partial charge in [0.15, 0.2) is 0 Å². The molecule has 4 nitrogen and oxygen atoms in total. The van der Waals surface area contributed by atoms with Crippen molar-refractivity contribution in [2.45, 2.75) is 13.0 Å². The first kappa shape index (κ1) is 12.0. The highest BCUT2D eigenvalue weighted by Gasteiger charge is 2.34. The van der Waals surface area contributed by atoms with Gasteiger partial charge in [0.2, 0.25) is 0 Å². The summed E-state index contributed by atoms with van der Waals surface area (Å²) in [6, 6.07) is 3.42. The molecule has 90 valence electrons. The van der Waals surface area contributed by atoms with Gasteiger partial charge in [-0.1, -0.05) is 15.9 Å². The van der Waals surface area contributed by atoms with Crippen LogP contribution in [0.1, 0.15) is 18.5 Å². The van der Waals surface area contributed by atoms with Gasteiger partial charge >= 0.3 is 6.03 Å². The number of nitrogens with two attached hydrogens (primary N) is 1. The summed E-state index contributed by atoms with van der Waals surface area (Å²) in [6.07, 6.45) is 0. The van der Waals surface area contributed by atoms with Crippen molar-refractivity contribution in [2.24, 2.45) is 10.7 Å². The largest absolute Gasteiger partial charge is 0.385 e. The van der Waals surface area contributed by atoms with Gasteiger partial charge in [-0.15, -0.1) is 0 Å². The minimum Gasteiger partial charge on any atom is -0.385 e. The summed E-state index contributed by atoms with van der Waals surface area (Å²) in [5.74, 6) is -0.172. The third-order valence-corrected chi connectivity index (χ3v) is 3.38. The highest BCUT2D eigenvalue weighted by atomic mass is 79.9. The number of carbonyl (C=O) groups excluding carboxylic acids is 1. The zero-order chi connectivity index (χ0) is 12.6. The monoisotopic (exact) mass is 299 g/mol.